The largest absolute Gasteiger partial charge is 0.491 e. The predicted molar refractivity (Wildman–Crippen MR) is 109 cm³/mol. The highest BCUT2D eigenvalue weighted by Gasteiger charge is 2.26. The van der Waals surface area contributed by atoms with Gasteiger partial charge in [-0.3, -0.25) is 4.90 Å². The monoisotopic (exact) mass is 422 g/mol. The summed E-state index contributed by atoms with van der Waals surface area (Å²) in [7, 11) is -3.74. The van der Waals surface area contributed by atoms with Crippen molar-refractivity contribution in [2.45, 2.75) is 37.2 Å². The molecule has 2 aromatic rings. The van der Waals surface area contributed by atoms with E-state index in [2.05, 4.69) is 9.62 Å². The van der Waals surface area contributed by atoms with Crippen molar-refractivity contribution in [1.29, 1.82) is 0 Å². The summed E-state index contributed by atoms with van der Waals surface area (Å²) in [5.41, 5.74) is 1.68. The van der Waals surface area contributed by atoms with Crippen LogP contribution in [-0.4, -0.2) is 50.8 Å². The van der Waals surface area contributed by atoms with E-state index < -0.39 is 15.8 Å². The average molecular weight is 423 g/mol. The molecule has 29 heavy (non-hydrogen) atoms. The highest BCUT2D eigenvalue weighted by atomic mass is 32.2. The fraction of sp³-hybridized carbons (Fsp3) is 0.429. The SMILES string of the molecule is Cc1ccc(F)cc1S(=O)(=O)NC1CCN(Cc2ccc(OCCO)cc2)CC1. The Kier molecular flexibility index (Phi) is 7.23. The standard InChI is InChI=1S/C21H27FN2O4S/c1-16-2-5-18(22)14-21(16)29(26,27)23-19-8-10-24(11-9-19)15-17-3-6-20(7-4-17)28-13-12-25/h2-7,14,19,23,25H,8-13,15H2,1H3. The molecular weight excluding hydrogens is 395 g/mol. The first-order chi connectivity index (χ1) is 13.9. The number of halogens is 1. The van der Waals surface area contributed by atoms with Crippen molar-refractivity contribution in [1.82, 2.24) is 9.62 Å². The second kappa shape index (κ2) is 9.67. The molecule has 2 N–H and O–H groups in total. The Bertz CT molecular complexity index is 911. The summed E-state index contributed by atoms with van der Waals surface area (Å²) >= 11 is 0. The van der Waals surface area contributed by atoms with Crippen molar-refractivity contribution in [2.75, 3.05) is 26.3 Å². The van der Waals surface area contributed by atoms with Crippen LogP contribution in [0.25, 0.3) is 0 Å². The van der Waals surface area contributed by atoms with Gasteiger partial charge in [0.1, 0.15) is 18.2 Å². The number of hydrogen-bond acceptors (Lipinski definition) is 5. The lowest BCUT2D eigenvalue weighted by molar-refractivity contribution is 0.198. The molecule has 1 aliphatic rings. The third kappa shape index (κ3) is 5.99. The number of aliphatic hydroxyl groups excluding tert-OH is 1. The summed E-state index contributed by atoms with van der Waals surface area (Å²) in [4.78, 5) is 2.28. The molecule has 2 aromatic carbocycles. The number of rotatable bonds is 8. The summed E-state index contributed by atoms with van der Waals surface area (Å²) in [6, 6.07) is 11.4. The van der Waals surface area contributed by atoms with Crippen molar-refractivity contribution in [2.24, 2.45) is 0 Å². The number of nitrogens with zero attached hydrogens (tertiary/aromatic N) is 1. The Morgan fingerprint density at radius 2 is 1.86 bits per heavy atom. The Balaban J connectivity index is 1.52. The van der Waals surface area contributed by atoms with Gasteiger partial charge in [-0.1, -0.05) is 18.2 Å². The molecule has 1 saturated heterocycles. The zero-order valence-corrected chi connectivity index (χ0v) is 17.3. The van der Waals surface area contributed by atoms with Crippen LogP contribution in [-0.2, 0) is 16.6 Å². The Morgan fingerprint density at radius 3 is 2.52 bits per heavy atom. The number of aliphatic hydroxyl groups is 1. The first-order valence-corrected chi connectivity index (χ1v) is 11.2. The zero-order chi connectivity index (χ0) is 20.9. The maximum absolute atomic E-state index is 13.5. The molecule has 8 heteroatoms. The van der Waals surface area contributed by atoms with E-state index in [0.717, 1.165) is 37.0 Å². The molecule has 0 bridgehead atoms. The number of ether oxygens (including phenoxy) is 1. The van der Waals surface area contributed by atoms with Crippen LogP contribution in [0.1, 0.15) is 24.0 Å². The molecule has 158 valence electrons. The van der Waals surface area contributed by atoms with Gasteiger partial charge in [-0.2, -0.15) is 0 Å². The molecule has 0 unspecified atom stereocenters. The molecule has 0 aliphatic carbocycles. The molecule has 0 aromatic heterocycles. The molecule has 3 rings (SSSR count). The number of likely N-dealkylation sites (tertiary alicyclic amines) is 1. The van der Waals surface area contributed by atoms with Crippen LogP contribution in [0.3, 0.4) is 0 Å². The smallest absolute Gasteiger partial charge is 0.241 e. The van der Waals surface area contributed by atoms with Crippen LogP contribution in [0.5, 0.6) is 5.75 Å². The maximum Gasteiger partial charge on any atom is 0.241 e. The lowest BCUT2D eigenvalue weighted by Crippen LogP contribution is -2.44. The maximum atomic E-state index is 13.5. The topological polar surface area (TPSA) is 78.9 Å². The molecule has 6 nitrogen and oxygen atoms in total. The van der Waals surface area contributed by atoms with E-state index in [1.807, 2.05) is 24.3 Å². The van der Waals surface area contributed by atoms with E-state index in [4.69, 9.17) is 9.84 Å². The molecule has 0 saturated carbocycles. The quantitative estimate of drug-likeness (QED) is 0.683. The predicted octanol–water partition coefficient (Wildman–Crippen LogP) is 2.45. The van der Waals surface area contributed by atoms with Gasteiger partial charge in [0.15, 0.2) is 0 Å². The van der Waals surface area contributed by atoms with Gasteiger partial charge in [-0.15, -0.1) is 0 Å². The van der Waals surface area contributed by atoms with Gasteiger partial charge in [0, 0.05) is 25.7 Å². The molecule has 0 atom stereocenters. The van der Waals surface area contributed by atoms with E-state index in [1.54, 1.807) is 6.92 Å². The van der Waals surface area contributed by atoms with Crippen LogP contribution < -0.4 is 9.46 Å². The van der Waals surface area contributed by atoms with Crippen LogP contribution in [0.15, 0.2) is 47.4 Å². The highest BCUT2D eigenvalue weighted by Crippen LogP contribution is 2.20. The van der Waals surface area contributed by atoms with Gasteiger partial charge in [0.25, 0.3) is 0 Å². The fourth-order valence-electron chi connectivity index (χ4n) is 3.47. The van der Waals surface area contributed by atoms with Crippen LogP contribution >= 0.6 is 0 Å². The van der Waals surface area contributed by atoms with Crippen molar-refractivity contribution >= 4 is 10.0 Å². The molecular formula is C21H27FN2O4S. The van der Waals surface area contributed by atoms with Gasteiger partial charge in [0.2, 0.25) is 10.0 Å². The third-order valence-electron chi connectivity index (χ3n) is 5.04. The van der Waals surface area contributed by atoms with Crippen LogP contribution in [0.2, 0.25) is 0 Å². The fourth-order valence-corrected chi connectivity index (χ4v) is 5.03. The molecule has 0 spiro atoms. The molecule has 1 fully saturated rings. The Hall–Kier alpha value is -2.00. The minimum absolute atomic E-state index is 0.00318. The minimum Gasteiger partial charge on any atom is -0.491 e. The van der Waals surface area contributed by atoms with E-state index >= 15 is 0 Å². The van der Waals surface area contributed by atoms with Crippen molar-refractivity contribution in [3.05, 3.63) is 59.4 Å². The molecule has 1 aliphatic heterocycles. The van der Waals surface area contributed by atoms with Crippen molar-refractivity contribution in [3.63, 3.8) is 0 Å². The number of piperidine rings is 1. The number of nitrogens with one attached hydrogen (secondary N) is 1. The molecule has 1 heterocycles. The van der Waals surface area contributed by atoms with Crippen LogP contribution in [0.4, 0.5) is 4.39 Å². The second-order valence-electron chi connectivity index (χ2n) is 7.30. The first-order valence-electron chi connectivity index (χ1n) is 9.71. The Labute approximate surface area is 171 Å². The molecule has 0 amide bonds. The van der Waals surface area contributed by atoms with E-state index in [9.17, 15) is 12.8 Å². The zero-order valence-electron chi connectivity index (χ0n) is 16.5. The van der Waals surface area contributed by atoms with E-state index in [0.29, 0.717) is 18.4 Å². The summed E-state index contributed by atoms with van der Waals surface area (Å²) in [6.45, 7) is 4.26. The number of sulfonamides is 1. The number of benzene rings is 2. The van der Waals surface area contributed by atoms with Gasteiger partial charge in [0.05, 0.1) is 11.5 Å². The van der Waals surface area contributed by atoms with Gasteiger partial charge in [-0.25, -0.2) is 17.5 Å². The normalized spacial score (nSPS) is 16.1. The minimum atomic E-state index is -3.74. The van der Waals surface area contributed by atoms with E-state index in [-0.39, 0.29) is 24.2 Å². The summed E-state index contributed by atoms with van der Waals surface area (Å²) < 4.78 is 46.8. The third-order valence-corrected chi connectivity index (χ3v) is 6.70. The van der Waals surface area contributed by atoms with Crippen molar-refractivity contribution in [3.8, 4) is 5.75 Å². The lowest BCUT2D eigenvalue weighted by Gasteiger charge is -2.32. The number of aryl methyl sites for hydroxylation is 1. The van der Waals surface area contributed by atoms with Gasteiger partial charge >= 0.3 is 0 Å². The lowest BCUT2D eigenvalue weighted by atomic mass is 10.1. The summed E-state index contributed by atoms with van der Waals surface area (Å²) in [6.07, 6.45) is 1.40. The van der Waals surface area contributed by atoms with Gasteiger partial charge in [-0.05, 0) is 55.2 Å². The average Bonchev–Trinajstić information content (AvgIpc) is 2.70. The van der Waals surface area contributed by atoms with Crippen molar-refractivity contribution < 1.29 is 22.7 Å². The van der Waals surface area contributed by atoms with E-state index in [1.165, 1.54) is 12.1 Å². The first kappa shape index (κ1) is 21.7. The number of hydrogen-bond donors (Lipinski definition) is 2. The second-order valence-corrected chi connectivity index (χ2v) is 8.98. The molecule has 0 radical (unpaired) electrons. The summed E-state index contributed by atoms with van der Waals surface area (Å²) in [5.74, 6) is 0.169. The summed E-state index contributed by atoms with van der Waals surface area (Å²) in [5, 5.41) is 8.79. The van der Waals surface area contributed by atoms with Gasteiger partial charge < -0.3 is 9.84 Å². The van der Waals surface area contributed by atoms with Crippen LogP contribution in [0, 0.1) is 12.7 Å². The highest BCUT2D eigenvalue weighted by molar-refractivity contribution is 7.89. The Morgan fingerprint density at radius 1 is 1.17 bits per heavy atom.